The van der Waals surface area contributed by atoms with E-state index in [9.17, 15) is 4.79 Å². The summed E-state index contributed by atoms with van der Waals surface area (Å²) < 4.78 is 5.67. The van der Waals surface area contributed by atoms with E-state index in [-0.39, 0.29) is 5.91 Å². The first-order valence-corrected chi connectivity index (χ1v) is 10.0. The van der Waals surface area contributed by atoms with Gasteiger partial charge in [-0.15, -0.1) is 10.2 Å². The molecule has 3 rings (SSSR count). The maximum absolute atomic E-state index is 12.0. The maximum atomic E-state index is 12.0. The van der Waals surface area contributed by atoms with Crippen LogP contribution in [0, 0.1) is 6.92 Å². The molecule has 6 heteroatoms. The summed E-state index contributed by atoms with van der Waals surface area (Å²) in [4.78, 5) is 14.6. The summed E-state index contributed by atoms with van der Waals surface area (Å²) >= 11 is 0. The van der Waals surface area contributed by atoms with Crippen molar-refractivity contribution >= 4 is 5.91 Å². The minimum absolute atomic E-state index is 0.0387. The number of nitrogens with zero attached hydrogens (tertiary/aromatic N) is 3. The van der Waals surface area contributed by atoms with Crippen molar-refractivity contribution in [3.63, 3.8) is 0 Å². The van der Waals surface area contributed by atoms with Crippen molar-refractivity contribution in [3.8, 4) is 11.5 Å². The van der Waals surface area contributed by atoms with E-state index in [4.69, 9.17) is 4.42 Å². The Labute approximate surface area is 161 Å². The molecular formula is C21H30N4O2. The van der Waals surface area contributed by atoms with Gasteiger partial charge in [-0.25, -0.2) is 0 Å². The normalized spacial score (nSPS) is 17.8. The van der Waals surface area contributed by atoms with Crippen molar-refractivity contribution in [2.75, 3.05) is 19.6 Å². The molecule has 1 N–H and O–H groups in total. The van der Waals surface area contributed by atoms with Crippen LogP contribution < -0.4 is 5.32 Å². The van der Waals surface area contributed by atoms with Gasteiger partial charge in [-0.1, -0.05) is 24.1 Å². The molecule has 0 radical (unpaired) electrons. The Morgan fingerprint density at radius 1 is 1.26 bits per heavy atom. The van der Waals surface area contributed by atoms with Crippen molar-refractivity contribution in [2.24, 2.45) is 0 Å². The Hall–Kier alpha value is -2.21. The van der Waals surface area contributed by atoms with Crippen molar-refractivity contribution in [1.29, 1.82) is 0 Å². The minimum Gasteiger partial charge on any atom is -0.421 e. The number of hydrogen-bond donors (Lipinski definition) is 1. The highest BCUT2D eigenvalue weighted by molar-refractivity contribution is 5.75. The quantitative estimate of drug-likeness (QED) is 0.722. The van der Waals surface area contributed by atoms with Gasteiger partial charge in [0.25, 0.3) is 0 Å². The first kappa shape index (κ1) is 19.5. The lowest BCUT2D eigenvalue weighted by molar-refractivity contribution is -0.121. The van der Waals surface area contributed by atoms with Gasteiger partial charge >= 0.3 is 0 Å². The summed E-state index contributed by atoms with van der Waals surface area (Å²) in [5.74, 6) is 1.04. The molecule has 1 amide bonds. The van der Waals surface area contributed by atoms with Crippen LogP contribution in [0.1, 0.15) is 50.5 Å². The number of likely N-dealkylation sites (tertiary alicyclic amines) is 1. The average molecular weight is 370 g/mol. The number of aryl methyl sites for hydroxylation is 2. The van der Waals surface area contributed by atoms with E-state index in [0.717, 1.165) is 25.1 Å². The first-order valence-electron chi connectivity index (χ1n) is 10.0. The minimum atomic E-state index is 0.0387. The predicted octanol–water partition coefficient (Wildman–Crippen LogP) is 3.36. The third kappa shape index (κ3) is 5.89. The van der Waals surface area contributed by atoms with Gasteiger partial charge in [0.15, 0.2) is 0 Å². The lowest BCUT2D eigenvalue weighted by Crippen LogP contribution is -2.39. The lowest BCUT2D eigenvalue weighted by atomic mass is 10.0. The van der Waals surface area contributed by atoms with Gasteiger partial charge < -0.3 is 14.6 Å². The van der Waals surface area contributed by atoms with Crippen LogP contribution in [0.2, 0.25) is 0 Å². The topological polar surface area (TPSA) is 71.3 Å². The third-order valence-electron chi connectivity index (χ3n) is 5.22. The smallest absolute Gasteiger partial charge is 0.247 e. The zero-order chi connectivity index (χ0) is 19.1. The van der Waals surface area contributed by atoms with E-state index in [1.54, 1.807) is 0 Å². The molecule has 1 atom stereocenters. The molecule has 1 aromatic carbocycles. The second-order valence-electron chi connectivity index (χ2n) is 7.45. The van der Waals surface area contributed by atoms with Crippen LogP contribution in [-0.4, -0.2) is 46.7 Å². The van der Waals surface area contributed by atoms with Crippen LogP contribution in [0.5, 0.6) is 0 Å². The molecule has 1 aromatic heterocycles. The Morgan fingerprint density at radius 3 is 2.85 bits per heavy atom. The Kier molecular flexibility index (Phi) is 6.98. The highest BCUT2D eigenvalue weighted by Gasteiger charge is 2.17. The second-order valence-corrected chi connectivity index (χ2v) is 7.45. The first-order chi connectivity index (χ1) is 13.1. The van der Waals surface area contributed by atoms with Gasteiger partial charge in [0.1, 0.15) is 0 Å². The van der Waals surface area contributed by atoms with Gasteiger partial charge in [-0.2, -0.15) is 0 Å². The number of aromatic nitrogens is 2. The average Bonchev–Trinajstić information content (AvgIpc) is 3.14. The van der Waals surface area contributed by atoms with Crippen molar-refractivity contribution in [2.45, 2.75) is 58.4 Å². The number of hydrogen-bond acceptors (Lipinski definition) is 5. The molecular weight excluding hydrogens is 340 g/mol. The zero-order valence-corrected chi connectivity index (χ0v) is 16.4. The highest BCUT2D eigenvalue weighted by Crippen LogP contribution is 2.19. The monoisotopic (exact) mass is 370 g/mol. The van der Waals surface area contributed by atoms with E-state index >= 15 is 0 Å². The summed E-state index contributed by atoms with van der Waals surface area (Å²) in [5, 5.41) is 11.1. The van der Waals surface area contributed by atoms with E-state index in [2.05, 4.69) is 27.3 Å². The fourth-order valence-corrected chi connectivity index (χ4v) is 3.48. The van der Waals surface area contributed by atoms with Crippen LogP contribution in [-0.2, 0) is 11.2 Å². The predicted molar refractivity (Wildman–Crippen MR) is 105 cm³/mol. The van der Waals surface area contributed by atoms with Crippen LogP contribution in [0.3, 0.4) is 0 Å². The summed E-state index contributed by atoms with van der Waals surface area (Å²) in [6.07, 6.45) is 5.76. The largest absolute Gasteiger partial charge is 0.421 e. The number of carbonyl (C=O) groups is 1. The number of piperidine rings is 1. The Morgan fingerprint density at radius 2 is 2.07 bits per heavy atom. The van der Waals surface area contributed by atoms with Crippen molar-refractivity contribution < 1.29 is 9.21 Å². The molecule has 146 valence electrons. The number of carbonyl (C=O) groups excluding carboxylic acids is 1. The summed E-state index contributed by atoms with van der Waals surface area (Å²) in [6, 6.07) is 8.62. The van der Waals surface area contributed by atoms with Crippen LogP contribution in [0.15, 0.2) is 28.7 Å². The maximum Gasteiger partial charge on any atom is 0.247 e. The fourth-order valence-electron chi connectivity index (χ4n) is 3.48. The summed E-state index contributed by atoms with van der Waals surface area (Å²) in [7, 11) is 0. The van der Waals surface area contributed by atoms with Gasteiger partial charge in [-0.05, 0) is 51.8 Å². The SMILES string of the molecule is Cc1ccc(-c2nnc(CCC(=O)NCCCN3CCCC[C@@H]3C)o2)cc1. The highest BCUT2D eigenvalue weighted by atomic mass is 16.4. The van der Waals surface area contributed by atoms with Crippen LogP contribution in [0.4, 0.5) is 0 Å². The molecule has 0 bridgehead atoms. The molecule has 6 nitrogen and oxygen atoms in total. The molecule has 1 aliphatic heterocycles. The van der Waals surface area contributed by atoms with Gasteiger partial charge in [0.05, 0.1) is 0 Å². The van der Waals surface area contributed by atoms with Crippen LogP contribution in [0.25, 0.3) is 11.5 Å². The molecule has 2 aromatic rings. The molecule has 0 saturated carbocycles. The molecule has 27 heavy (non-hydrogen) atoms. The van der Waals surface area contributed by atoms with Crippen LogP contribution >= 0.6 is 0 Å². The van der Waals surface area contributed by atoms with Gasteiger partial charge in [-0.3, -0.25) is 4.79 Å². The number of rotatable bonds is 8. The number of amides is 1. The molecule has 1 fully saturated rings. The lowest BCUT2D eigenvalue weighted by Gasteiger charge is -2.33. The summed E-state index contributed by atoms with van der Waals surface area (Å²) in [6.45, 7) is 7.31. The summed E-state index contributed by atoms with van der Waals surface area (Å²) in [5.41, 5.74) is 2.08. The molecule has 0 aliphatic carbocycles. The van der Waals surface area contributed by atoms with E-state index < -0.39 is 0 Å². The van der Waals surface area contributed by atoms with E-state index in [0.29, 0.717) is 30.7 Å². The Balaban J connectivity index is 1.35. The molecule has 1 saturated heterocycles. The number of nitrogens with one attached hydrogen (secondary N) is 1. The third-order valence-corrected chi connectivity index (χ3v) is 5.22. The molecule has 0 unspecified atom stereocenters. The molecule has 1 aliphatic rings. The molecule has 2 heterocycles. The van der Waals surface area contributed by atoms with Gasteiger partial charge in [0, 0.05) is 37.5 Å². The van der Waals surface area contributed by atoms with E-state index in [1.807, 2.05) is 31.2 Å². The standard InChI is InChI=1S/C21H30N4O2/c1-16-7-9-18(10-8-16)21-24-23-20(27-21)12-11-19(26)22-13-5-15-25-14-4-3-6-17(25)2/h7-10,17H,3-6,11-15H2,1-2H3,(H,22,26)/t17-/m0/s1. The Bertz CT molecular complexity index is 726. The van der Waals surface area contributed by atoms with E-state index in [1.165, 1.54) is 31.4 Å². The van der Waals surface area contributed by atoms with Gasteiger partial charge in [0.2, 0.25) is 17.7 Å². The number of benzene rings is 1. The fraction of sp³-hybridized carbons (Fsp3) is 0.571. The second kappa shape index (κ2) is 9.65. The zero-order valence-electron chi connectivity index (χ0n) is 16.4. The van der Waals surface area contributed by atoms with Crippen molar-refractivity contribution in [1.82, 2.24) is 20.4 Å². The van der Waals surface area contributed by atoms with Crippen molar-refractivity contribution in [3.05, 3.63) is 35.7 Å². The molecule has 0 spiro atoms.